The first-order chi connectivity index (χ1) is 13.4. The number of benzene rings is 1. The number of rotatable bonds is 6. The summed E-state index contributed by atoms with van der Waals surface area (Å²) in [6.45, 7) is 3.39. The van der Waals surface area contributed by atoms with Gasteiger partial charge in [0.05, 0.1) is 12.2 Å². The Labute approximate surface area is 161 Å². The third-order valence-electron chi connectivity index (χ3n) is 4.73. The zero-order valence-corrected chi connectivity index (χ0v) is 15.6. The Morgan fingerprint density at radius 2 is 2.11 bits per heavy atom. The molecular formula is C19H24F3N3O3. The van der Waals surface area contributed by atoms with Crippen LogP contribution in [0.5, 0.6) is 11.5 Å². The molecular weight excluding hydrogens is 375 g/mol. The molecule has 1 saturated heterocycles. The summed E-state index contributed by atoms with van der Waals surface area (Å²) in [5, 5.41) is 5.45. The van der Waals surface area contributed by atoms with Crippen molar-refractivity contribution in [1.29, 1.82) is 0 Å². The lowest BCUT2D eigenvalue weighted by atomic mass is 10.1. The van der Waals surface area contributed by atoms with Crippen LogP contribution in [0.3, 0.4) is 0 Å². The lowest BCUT2D eigenvalue weighted by molar-refractivity contribution is -0.183. The van der Waals surface area contributed by atoms with Crippen molar-refractivity contribution < 1.29 is 27.4 Å². The Morgan fingerprint density at radius 3 is 2.79 bits per heavy atom. The Bertz CT molecular complexity index is 731. The molecule has 6 nitrogen and oxygen atoms in total. The summed E-state index contributed by atoms with van der Waals surface area (Å²) < 4.78 is 51.5. The molecule has 154 valence electrons. The Balaban J connectivity index is 1.68. The molecule has 1 fully saturated rings. The van der Waals surface area contributed by atoms with Gasteiger partial charge in [0, 0.05) is 38.3 Å². The summed E-state index contributed by atoms with van der Waals surface area (Å²) in [6, 6.07) is 3.60. The fourth-order valence-corrected chi connectivity index (χ4v) is 3.33. The number of piperazine rings is 1. The van der Waals surface area contributed by atoms with Gasteiger partial charge in [-0.05, 0) is 19.1 Å². The summed E-state index contributed by atoms with van der Waals surface area (Å²) in [6.07, 6.45) is -2.79. The van der Waals surface area contributed by atoms with Crippen LogP contribution in [0.1, 0.15) is 12.5 Å². The second kappa shape index (κ2) is 8.83. The predicted octanol–water partition coefficient (Wildman–Crippen LogP) is 1.81. The topological polar surface area (TPSA) is 62.8 Å². The number of halogens is 3. The molecule has 0 spiro atoms. The van der Waals surface area contributed by atoms with E-state index < -0.39 is 24.7 Å². The largest absolute Gasteiger partial charge is 0.490 e. The monoisotopic (exact) mass is 399 g/mol. The van der Waals surface area contributed by atoms with E-state index in [9.17, 15) is 18.0 Å². The first-order valence-corrected chi connectivity index (χ1v) is 9.29. The number of nitrogens with one attached hydrogen (secondary N) is 2. The molecule has 0 bridgehead atoms. The van der Waals surface area contributed by atoms with Crippen LogP contribution in [-0.2, 0) is 4.79 Å². The summed E-state index contributed by atoms with van der Waals surface area (Å²) in [5.74, 6) is 0.554. The summed E-state index contributed by atoms with van der Waals surface area (Å²) >= 11 is 0. The Kier molecular flexibility index (Phi) is 6.46. The standard InChI is InChI=1S/C19H24F3N3O3/c1-2-27-15-5-3-4-13-10-14(12-28-17(13)15)18(26)24-11-16(19(20,21)22)25-8-6-23-7-9-25/h3-5,10,16,23H,2,6-9,11-12H2,1H3,(H,24,26). The fourth-order valence-electron chi connectivity index (χ4n) is 3.33. The highest BCUT2D eigenvalue weighted by Gasteiger charge is 2.44. The van der Waals surface area contributed by atoms with Crippen LogP contribution in [0.2, 0.25) is 0 Å². The van der Waals surface area contributed by atoms with Gasteiger partial charge in [-0.3, -0.25) is 9.69 Å². The number of fused-ring (bicyclic) bond motifs is 1. The molecule has 28 heavy (non-hydrogen) atoms. The average Bonchev–Trinajstić information content (AvgIpc) is 2.68. The SMILES string of the molecule is CCOc1cccc2c1OCC(C(=O)NCC(N1CCNCC1)C(F)(F)F)=C2. The van der Waals surface area contributed by atoms with Gasteiger partial charge in [0.2, 0.25) is 0 Å². The van der Waals surface area contributed by atoms with Crippen molar-refractivity contribution in [3.8, 4) is 11.5 Å². The van der Waals surface area contributed by atoms with Gasteiger partial charge >= 0.3 is 6.18 Å². The molecule has 2 aliphatic heterocycles. The highest BCUT2D eigenvalue weighted by atomic mass is 19.4. The first-order valence-electron chi connectivity index (χ1n) is 9.29. The summed E-state index contributed by atoms with van der Waals surface area (Å²) in [4.78, 5) is 13.8. The van der Waals surface area contributed by atoms with Gasteiger partial charge in [-0.15, -0.1) is 0 Å². The second-order valence-electron chi connectivity index (χ2n) is 6.62. The van der Waals surface area contributed by atoms with Crippen LogP contribution in [0.4, 0.5) is 13.2 Å². The number of carbonyl (C=O) groups excluding carboxylic acids is 1. The van der Waals surface area contributed by atoms with Gasteiger partial charge in [-0.25, -0.2) is 0 Å². The zero-order chi connectivity index (χ0) is 20.1. The number of hydrogen-bond acceptors (Lipinski definition) is 5. The average molecular weight is 399 g/mol. The van der Waals surface area contributed by atoms with Gasteiger partial charge < -0.3 is 20.1 Å². The smallest absolute Gasteiger partial charge is 0.405 e. The predicted molar refractivity (Wildman–Crippen MR) is 98.4 cm³/mol. The number of nitrogens with zero attached hydrogens (tertiary/aromatic N) is 1. The van der Waals surface area contributed by atoms with E-state index in [2.05, 4.69) is 10.6 Å². The van der Waals surface area contributed by atoms with E-state index in [0.717, 1.165) is 0 Å². The molecule has 1 atom stereocenters. The lowest BCUT2D eigenvalue weighted by Crippen LogP contribution is -2.57. The van der Waals surface area contributed by atoms with Gasteiger partial charge in [0.1, 0.15) is 12.6 Å². The van der Waals surface area contributed by atoms with Gasteiger partial charge in [-0.2, -0.15) is 13.2 Å². The third-order valence-corrected chi connectivity index (χ3v) is 4.73. The van der Waals surface area contributed by atoms with Gasteiger partial charge in [0.15, 0.2) is 11.5 Å². The zero-order valence-electron chi connectivity index (χ0n) is 15.6. The molecule has 2 aliphatic rings. The van der Waals surface area contributed by atoms with Crippen LogP contribution >= 0.6 is 0 Å². The maximum atomic E-state index is 13.4. The quantitative estimate of drug-likeness (QED) is 0.764. The van der Waals surface area contributed by atoms with E-state index in [1.54, 1.807) is 24.3 Å². The summed E-state index contributed by atoms with van der Waals surface area (Å²) in [5.41, 5.74) is 0.944. The van der Waals surface area contributed by atoms with E-state index >= 15 is 0 Å². The van der Waals surface area contributed by atoms with E-state index in [4.69, 9.17) is 9.47 Å². The maximum Gasteiger partial charge on any atom is 0.405 e. The Morgan fingerprint density at radius 1 is 1.36 bits per heavy atom. The molecule has 2 N–H and O–H groups in total. The third kappa shape index (κ3) is 4.77. The molecule has 1 amide bonds. The van der Waals surface area contributed by atoms with Crippen molar-refractivity contribution in [1.82, 2.24) is 15.5 Å². The number of alkyl halides is 3. The number of hydrogen-bond donors (Lipinski definition) is 2. The van der Waals surface area contributed by atoms with Crippen LogP contribution in [0.25, 0.3) is 6.08 Å². The molecule has 0 saturated carbocycles. The van der Waals surface area contributed by atoms with Crippen LogP contribution in [-0.4, -0.2) is 69.0 Å². The molecule has 0 radical (unpaired) electrons. The van der Waals surface area contributed by atoms with E-state index in [1.807, 2.05) is 6.92 Å². The normalized spacial score (nSPS) is 18.5. The van der Waals surface area contributed by atoms with Crippen LogP contribution in [0.15, 0.2) is 23.8 Å². The van der Waals surface area contributed by atoms with Gasteiger partial charge in [0.25, 0.3) is 5.91 Å². The molecule has 0 aliphatic carbocycles. The first kappa shape index (κ1) is 20.5. The van der Waals surface area contributed by atoms with Crippen LogP contribution < -0.4 is 20.1 Å². The maximum absolute atomic E-state index is 13.4. The van der Waals surface area contributed by atoms with E-state index in [-0.39, 0.29) is 12.2 Å². The molecule has 1 aromatic carbocycles. The number of ether oxygens (including phenoxy) is 2. The molecule has 1 aromatic rings. The van der Waals surface area contributed by atoms with Crippen molar-refractivity contribution in [2.75, 3.05) is 45.9 Å². The number of amides is 1. The molecule has 2 heterocycles. The molecule has 9 heteroatoms. The highest BCUT2D eigenvalue weighted by Crippen LogP contribution is 2.35. The lowest BCUT2D eigenvalue weighted by Gasteiger charge is -2.36. The van der Waals surface area contributed by atoms with Crippen molar-refractivity contribution in [3.63, 3.8) is 0 Å². The van der Waals surface area contributed by atoms with Gasteiger partial charge in [-0.1, -0.05) is 12.1 Å². The number of carbonyl (C=O) groups is 1. The minimum atomic E-state index is -4.42. The van der Waals surface area contributed by atoms with Crippen molar-refractivity contribution in [2.24, 2.45) is 0 Å². The second-order valence-corrected chi connectivity index (χ2v) is 6.62. The highest BCUT2D eigenvalue weighted by molar-refractivity contribution is 5.99. The van der Waals surface area contributed by atoms with Crippen LogP contribution in [0, 0.1) is 0 Å². The number of para-hydroxylation sites is 1. The summed E-state index contributed by atoms with van der Waals surface area (Å²) in [7, 11) is 0. The van der Waals surface area contributed by atoms with Crippen molar-refractivity contribution >= 4 is 12.0 Å². The minimum Gasteiger partial charge on any atom is -0.490 e. The molecule has 1 unspecified atom stereocenters. The Hall–Kier alpha value is -2.26. The van der Waals surface area contributed by atoms with E-state index in [0.29, 0.717) is 49.8 Å². The molecule has 3 rings (SSSR count). The molecule has 0 aromatic heterocycles. The van der Waals surface area contributed by atoms with Crippen molar-refractivity contribution in [3.05, 3.63) is 29.3 Å². The van der Waals surface area contributed by atoms with Crippen molar-refractivity contribution in [2.45, 2.75) is 19.1 Å². The van der Waals surface area contributed by atoms with E-state index in [1.165, 1.54) is 4.90 Å². The minimum absolute atomic E-state index is 0.0206. The fraction of sp³-hybridized carbons (Fsp3) is 0.526.